The van der Waals surface area contributed by atoms with Crippen molar-refractivity contribution in [2.24, 2.45) is 0 Å². The van der Waals surface area contributed by atoms with E-state index < -0.39 is 0 Å². The molecule has 3 N–H and O–H groups in total. The Kier molecular flexibility index (Phi) is 6.80. The fraction of sp³-hybridized carbons (Fsp3) is 0.375. The van der Waals surface area contributed by atoms with Crippen LogP contribution >= 0.6 is 0 Å². The maximum Gasteiger partial charge on any atom is 0.0676 e. The maximum absolute atomic E-state index is 9.89. The molecule has 2 aromatic heterocycles. The van der Waals surface area contributed by atoms with Gasteiger partial charge in [-0.25, -0.2) is 0 Å². The maximum atomic E-state index is 9.89. The Morgan fingerprint density at radius 1 is 0.905 bits per heavy atom. The fourth-order valence-electron chi connectivity index (χ4n) is 1.96. The van der Waals surface area contributed by atoms with Crippen LogP contribution in [-0.2, 0) is 13.1 Å². The highest BCUT2D eigenvalue weighted by Gasteiger charge is 2.03. The van der Waals surface area contributed by atoms with E-state index in [9.17, 15) is 5.11 Å². The van der Waals surface area contributed by atoms with Gasteiger partial charge >= 0.3 is 0 Å². The van der Waals surface area contributed by atoms with Crippen LogP contribution in [0.15, 0.2) is 48.8 Å². The molecule has 0 aliphatic rings. The molecule has 2 rings (SSSR count). The van der Waals surface area contributed by atoms with E-state index in [1.54, 1.807) is 12.4 Å². The molecule has 5 nitrogen and oxygen atoms in total. The zero-order chi connectivity index (χ0) is 14.8. The molecule has 2 aromatic rings. The quantitative estimate of drug-likeness (QED) is 0.602. The summed E-state index contributed by atoms with van der Waals surface area (Å²) in [7, 11) is 0. The molecule has 0 spiro atoms. The van der Waals surface area contributed by atoms with E-state index in [0.29, 0.717) is 19.5 Å². The zero-order valence-electron chi connectivity index (χ0n) is 12.1. The Hall–Kier alpha value is -1.82. The summed E-state index contributed by atoms with van der Waals surface area (Å²) in [6.45, 7) is 2.75. The summed E-state index contributed by atoms with van der Waals surface area (Å²) < 4.78 is 0. The first-order valence-electron chi connectivity index (χ1n) is 7.24. The molecule has 0 aliphatic heterocycles. The van der Waals surface area contributed by atoms with E-state index in [2.05, 4.69) is 20.6 Å². The van der Waals surface area contributed by atoms with Crippen LogP contribution < -0.4 is 10.6 Å². The van der Waals surface area contributed by atoms with Crippen molar-refractivity contribution in [3.8, 4) is 0 Å². The van der Waals surface area contributed by atoms with E-state index in [4.69, 9.17) is 0 Å². The van der Waals surface area contributed by atoms with Crippen LogP contribution in [0.4, 0.5) is 0 Å². The van der Waals surface area contributed by atoms with E-state index in [0.717, 1.165) is 24.5 Å². The van der Waals surface area contributed by atoms with E-state index in [1.165, 1.54) is 0 Å². The second kappa shape index (κ2) is 9.18. The smallest absolute Gasteiger partial charge is 0.0676 e. The van der Waals surface area contributed by atoms with E-state index in [-0.39, 0.29) is 6.10 Å². The molecule has 0 unspecified atom stereocenters. The minimum absolute atomic E-state index is 0.357. The first kappa shape index (κ1) is 15.6. The topological polar surface area (TPSA) is 70.1 Å². The van der Waals surface area contributed by atoms with Crippen molar-refractivity contribution in [1.29, 1.82) is 0 Å². The van der Waals surface area contributed by atoms with Gasteiger partial charge in [-0.1, -0.05) is 12.1 Å². The predicted molar refractivity (Wildman–Crippen MR) is 82.5 cm³/mol. The molecule has 2 heterocycles. The lowest BCUT2D eigenvalue weighted by Gasteiger charge is -2.12. The third kappa shape index (κ3) is 6.44. The van der Waals surface area contributed by atoms with Gasteiger partial charge in [-0.05, 0) is 37.2 Å². The number of aromatic nitrogens is 2. The molecule has 0 aliphatic carbocycles. The molecule has 0 bridgehead atoms. The molecule has 0 aromatic carbocycles. The van der Waals surface area contributed by atoms with Gasteiger partial charge in [0.1, 0.15) is 0 Å². The highest BCUT2D eigenvalue weighted by atomic mass is 16.3. The number of hydrogen-bond donors (Lipinski definition) is 3. The number of hydrogen-bond acceptors (Lipinski definition) is 5. The fourth-order valence-corrected chi connectivity index (χ4v) is 1.96. The highest BCUT2D eigenvalue weighted by molar-refractivity contribution is 5.03. The van der Waals surface area contributed by atoms with Crippen LogP contribution in [0.1, 0.15) is 17.8 Å². The van der Waals surface area contributed by atoms with Crippen LogP contribution in [-0.4, -0.2) is 34.3 Å². The molecular weight excluding hydrogens is 264 g/mol. The van der Waals surface area contributed by atoms with Crippen molar-refractivity contribution in [3.05, 3.63) is 60.2 Å². The van der Waals surface area contributed by atoms with Gasteiger partial charge in [0.05, 0.1) is 17.5 Å². The van der Waals surface area contributed by atoms with Gasteiger partial charge in [0.15, 0.2) is 0 Å². The van der Waals surface area contributed by atoms with E-state index in [1.807, 2.05) is 36.4 Å². The van der Waals surface area contributed by atoms with Crippen molar-refractivity contribution in [2.45, 2.75) is 25.6 Å². The Balaban J connectivity index is 1.52. The third-order valence-electron chi connectivity index (χ3n) is 3.10. The predicted octanol–water partition coefficient (Wildman–Crippen LogP) is 1.11. The molecule has 21 heavy (non-hydrogen) atoms. The SMILES string of the molecule is O[C@H](CCNCc1ccccn1)CNCc1ccccn1. The van der Waals surface area contributed by atoms with Crippen molar-refractivity contribution < 1.29 is 5.11 Å². The standard InChI is InChI=1S/C16H22N4O/c21-16(13-18-12-15-6-2-4-9-20-15)7-10-17-11-14-5-1-3-8-19-14/h1-6,8-9,16-18,21H,7,10-13H2/t16-/m1/s1. The number of aliphatic hydroxyl groups excluding tert-OH is 1. The zero-order valence-corrected chi connectivity index (χ0v) is 12.1. The molecule has 0 fully saturated rings. The van der Waals surface area contributed by atoms with Crippen LogP contribution in [0.5, 0.6) is 0 Å². The first-order valence-corrected chi connectivity index (χ1v) is 7.24. The summed E-state index contributed by atoms with van der Waals surface area (Å²) in [5, 5.41) is 16.4. The molecule has 0 radical (unpaired) electrons. The Labute approximate surface area is 125 Å². The second-order valence-corrected chi connectivity index (χ2v) is 4.89. The lowest BCUT2D eigenvalue weighted by Crippen LogP contribution is -2.29. The molecule has 0 amide bonds. The van der Waals surface area contributed by atoms with Crippen molar-refractivity contribution in [2.75, 3.05) is 13.1 Å². The lowest BCUT2D eigenvalue weighted by atomic mass is 10.2. The third-order valence-corrected chi connectivity index (χ3v) is 3.10. The van der Waals surface area contributed by atoms with Crippen LogP contribution in [0, 0.1) is 0 Å². The summed E-state index contributed by atoms with van der Waals surface area (Å²) in [4.78, 5) is 8.46. The number of aliphatic hydroxyl groups is 1. The Bertz CT molecular complexity index is 492. The Morgan fingerprint density at radius 3 is 2.10 bits per heavy atom. The van der Waals surface area contributed by atoms with Crippen LogP contribution in [0.25, 0.3) is 0 Å². The molecule has 0 saturated carbocycles. The van der Waals surface area contributed by atoms with Gasteiger partial charge in [-0.2, -0.15) is 0 Å². The summed E-state index contributed by atoms with van der Waals surface area (Å²) in [6.07, 6.45) is 3.91. The molecule has 5 heteroatoms. The van der Waals surface area contributed by atoms with Gasteiger partial charge in [0.25, 0.3) is 0 Å². The number of nitrogens with zero attached hydrogens (tertiary/aromatic N) is 2. The van der Waals surface area contributed by atoms with E-state index >= 15 is 0 Å². The minimum atomic E-state index is -0.357. The molecule has 1 atom stereocenters. The largest absolute Gasteiger partial charge is 0.392 e. The summed E-state index contributed by atoms with van der Waals surface area (Å²) in [5.41, 5.74) is 2.00. The van der Waals surface area contributed by atoms with Gasteiger partial charge in [-0.15, -0.1) is 0 Å². The Morgan fingerprint density at radius 2 is 1.52 bits per heavy atom. The highest BCUT2D eigenvalue weighted by Crippen LogP contribution is 1.95. The number of rotatable bonds is 9. The number of pyridine rings is 2. The summed E-state index contributed by atoms with van der Waals surface area (Å²) in [6, 6.07) is 11.7. The van der Waals surface area contributed by atoms with Crippen molar-refractivity contribution in [1.82, 2.24) is 20.6 Å². The van der Waals surface area contributed by atoms with Crippen LogP contribution in [0.2, 0.25) is 0 Å². The first-order chi connectivity index (χ1) is 10.3. The van der Waals surface area contributed by atoms with Gasteiger partial charge in [0.2, 0.25) is 0 Å². The van der Waals surface area contributed by atoms with Crippen molar-refractivity contribution >= 4 is 0 Å². The van der Waals surface area contributed by atoms with Crippen LogP contribution in [0.3, 0.4) is 0 Å². The van der Waals surface area contributed by atoms with Gasteiger partial charge in [-0.3, -0.25) is 9.97 Å². The second-order valence-electron chi connectivity index (χ2n) is 4.89. The molecule has 0 saturated heterocycles. The lowest BCUT2D eigenvalue weighted by molar-refractivity contribution is 0.160. The number of nitrogens with one attached hydrogen (secondary N) is 2. The van der Waals surface area contributed by atoms with Crippen molar-refractivity contribution in [3.63, 3.8) is 0 Å². The van der Waals surface area contributed by atoms with Gasteiger partial charge in [0, 0.05) is 32.0 Å². The molecular formula is C16H22N4O. The average molecular weight is 286 g/mol. The average Bonchev–Trinajstić information content (AvgIpc) is 2.54. The molecule has 112 valence electrons. The van der Waals surface area contributed by atoms with Gasteiger partial charge < -0.3 is 15.7 Å². The normalized spacial score (nSPS) is 12.2. The summed E-state index contributed by atoms with van der Waals surface area (Å²) in [5.74, 6) is 0. The summed E-state index contributed by atoms with van der Waals surface area (Å²) >= 11 is 0. The minimum Gasteiger partial charge on any atom is -0.392 e. The monoisotopic (exact) mass is 286 g/mol.